The largest absolute Gasteiger partial charge is 0.454 e. The number of rotatable bonds is 2. The third-order valence-electron chi connectivity index (χ3n) is 3.77. The highest BCUT2D eigenvalue weighted by Gasteiger charge is 2.13. The van der Waals surface area contributed by atoms with Gasteiger partial charge in [-0.15, -0.1) is 0 Å². The van der Waals surface area contributed by atoms with Gasteiger partial charge in [0.15, 0.2) is 11.5 Å². The third kappa shape index (κ3) is 2.42. The van der Waals surface area contributed by atoms with E-state index in [0.29, 0.717) is 6.79 Å². The van der Waals surface area contributed by atoms with Crippen molar-refractivity contribution in [1.29, 1.82) is 0 Å². The summed E-state index contributed by atoms with van der Waals surface area (Å²) in [7, 11) is 0. The summed E-state index contributed by atoms with van der Waals surface area (Å²) in [6, 6.07) is 22.3. The molecule has 0 spiro atoms. The summed E-state index contributed by atoms with van der Waals surface area (Å²) >= 11 is 5.93. The summed E-state index contributed by atoms with van der Waals surface area (Å²) in [6.07, 6.45) is 0. The van der Waals surface area contributed by atoms with Crippen molar-refractivity contribution >= 4 is 11.6 Å². The smallest absolute Gasteiger partial charge is 0.231 e. The molecule has 3 heteroatoms. The van der Waals surface area contributed by atoms with Crippen LogP contribution >= 0.6 is 11.6 Å². The van der Waals surface area contributed by atoms with Crippen molar-refractivity contribution in [3.8, 4) is 33.8 Å². The highest BCUT2D eigenvalue weighted by Crippen LogP contribution is 2.36. The normalized spacial score (nSPS) is 12.4. The minimum absolute atomic E-state index is 0.300. The molecule has 3 aromatic rings. The summed E-state index contributed by atoms with van der Waals surface area (Å²) in [5, 5.41) is 0.751. The highest BCUT2D eigenvalue weighted by atomic mass is 35.5. The van der Waals surface area contributed by atoms with Crippen molar-refractivity contribution in [3.63, 3.8) is 0 Å². The van der Waals surface area contributed by atoms with Crippen molar-refractivity contribution in [1.82, 2.24) is 0 Å². The monoisotopic (exact) mass is 308 g/mol. The molecular weight excluding hydrogens is 296 g/mol. The van der Waals surface area contributed by atoms with Crippen LogP contribution in [0.15, 0.2) is 66.7 Å². The van der Waals surface area contributed by atoms with Crippen LogP contribution in [0.4, 0.5) is 0 Å². The molecule has 0 fully saturated rings. The van der Waals surface area contributed by atoms with E-state index in [9.17, 15) is 0 Å². The first-order valence-corrected chi connectivity index (χ1v) is 7.43. The van der Waals surface area contributed by atoms with Crippen LogP contribution in [0.5, 0.6) is 11.5 Å². The van der Waals surface area contributed by atoms with Gasteiger partial charge in [-0.05, 0) is 46.5 Å². The second-order valence-electron chi connectivity index (χ2n) is 5.15. The van der Waals surface area contributed by atoms with Gasteiger partial charge < -0.3 is 9.47 Å². The van der Waals surface area contributed by atoms with Crippen LogP contribution in [-0.2, 0) is 0 Å². The van der Waals surface area contributed by atoms with Crippen LogP contribution in [0.2, 0.25) is 5.02 Å². The van der Waals surface area contributed by atoms with E-state index in [-0.39, 0.29) is 0 Å². The molecule has 0 aliphatic carbocycles. The topological polar surface area (TPSA) is 18.5 Å². The molecule has 0 saturated heterocycles. The van der Waals surface area contributed by atoms with Gasteiger partial charge in [-0.3, -0.25) is 0 Å². The molecule has 22 heavy (non-hydrogen) atoms. The standard InChI is InChI=1S/C19H13ClO2/c20-17-8-5-14(6-9-17)13-1-3-15(4-2-13)16-7-10-18-19(11-16)22-12-21-18/h1-11H,12H2. The van der Waals surface area contributed by atoms with Gasteiger partial charge in [-0.2, -0.15) is 0 Å². The van der Waals surface area contributed by atoms with Crippen molar-refractivity contribution in [2.75, 3.05) is 6.79 Å². The van der Waals surface area contributed by atoms with E-state index in [1.165, 1.54) is 5.56 Å². The zero-order valence-corrected chi connectivity index (χ0v) is 12.5. The molecular formula is C19H13ClO2. The fraction of sp³-hybridized carbons (Fsp3) is 0.0526. The average molecular weight is 309 g/mol. The molecule has 0 atom stereocenters. The van der Waals surface area contributed by atoms with Crippen molar-refractivity contribution < 1.29 is 9.47 Å². The Morgan fingerprint density at radius 2 is 1.09 bits per heavy atom. The predicted molar refractivity (Wildman–Crippen MR) is 88.4 cm³/mol. The van der Waals surface area contributed by atoms with Gasteiger partial charge in [0.1, 0.15) is 0 Å². The van der Waals surface area contributed by atoms with Crippen LogP contribution < -0.4 is 9.47 Å². The van der Waals surface area contributed by atoms with E-state index in [1.807, 2.05) is 42.5 Å². The zero-order valence-electron chi connectivity index (χ0n) is 11.8. The Bertz CT molecular complexity index is 808. The highest BCUT2D eigenvalue weighted by molar-refractivity contribution is 6.30. The van der Waals surface area contributed by atoms with Crippen molar-refractivity contribution in [3.05, 3.63) is 71.8 Å². The van der Waals surface area contributed by atoms with Crippen molar-refractivity contribution in [2.24, 2.45) is 0 Å². The zero-order chi connectivity index (χ0) is 14.9. The van der Waals surface area contributed by atoms with Gasteiger partial charge in [-0.1, -0.05) is 54.1 Å². The maximum atomic E-state index is 5.93. The lowest BCUT2D eigenvalue weighted by Gasteiger charge is -2.06. The van der Waals surface area contributed by atoms with Gasteiger partial charge >= 0.3 is 0 Å². The first-order valence-electron chi connectivity index (χ1n) is 7.06. The minimum Gasteiger partial charge on any atom is -0.454 e. The van der Waals surface area contributed by atoms with Crippen LogP contribution in [0.1, 0.15) is 0 Å². The van der Waals surface area contributed by atoms with E-state index < -0.39 is 0 Å². The van der Waals surface area contributed by atoms with E-state index in [2.05, 4.69) is 24.3 Å². The minimum atomic E-state index is 0.300. The van der Waals surface area contributed by atoms with Crippen LogP contribution in [0, 0.1) is 0 Å². The molecule has 0 N–H and O–H groups in total. The average Bonchev–Trinajstić information content (AvgIpc) is 3.03. The lowest BCUT2D eigenvalue weighted by atomic mass is 10.00. The lowest BCUT2D eigenvalue weighted by molar-refractivity contribution is 0.174. The molecule has 0 aromatic heterocycles. The molecule has 1 aliphatic rings. The molecule has 108 valence electrons. The molecule has 0 saturated carbocycles. The number of halogens is 1. The molecule has 1 aliphatic heterocycles. The number of benzene rings is 3. The number of fused-ring (bicyclic) bond motifs is 1. The van der Waals surface area contributed by atoms with Crippen LogP contribution in [-0.4, -0.2) is 6.79 Å². The Labute approximate surface area is 133 Å². The SMILES string of the molecule is Clc1ccc(-c2ccc(-c3ccc4c(c3)OCO4)cc2)cc1. The van der Waals surface area contributed by atoms with Gasteiger partial charge in [-0.25, -0.2) is 0 Å². The molecule has 0 radical (unpaired) electrons. The fourth-order valence-corrected chi connectivity index (χ4v) is 2.70. The first kappa shape index (κ1) is 13.2. The van der Waals surface area contributed by atoms with Crippen molar-refractivity contribution in [2.45, 2.75) is 0 Å². The summed E-state index contributed by atoms with van der Waals surface area (Å²) in [5.41, 5.74) is 4.59. The van der Waals surface area contributed by atoms with Crippen LogP contribution in [0.25, 0.3) is 22.3 Å². The van der Waals surface area contributed by atoms with E-state index >= 15 is 0 Å². The molecule has 0 amide bonds. The van der Waals surface area contributed by atoms with E-state index in [4.69, 9.17) is 21.1 Å². The number of ether oxygens (including phenoxy) is 2. The summed E-state index contributed by atoms with van der Waals surface area (Å²) < 4.78 is 10.8. The van der Waals surface area contributed by atoms with E-state index in [1.54, 1.807) is 0 Å². The second kappa shape index (κ2) is 5.39. The second-order valence-corrected chi connectivity index (χ2v) is 5.59. The third-order valence-corrected chi connectivity index (χ3v) is 4.02. The van der Waals surface area contributed by atoms with E-state index in [0.717, 1.165) is 33.2 Å². The van der Waals surface area contributed by atoms with Gasteiger partial charge in [0.2, 0.25) is 6.79 Å². The summed E-state index contributed by atoms with van der Waals surface area (Å²) in [4.78, 5) is 0. The molecule has 1 heterocycles. The summed E-state index contributed by atoms with van der Waals surface area (Å²) in [6.45, 7) is 0.300. The Morgan fingerprint density at radius 3 is 1.77 bits per heavy atom. The first-order chi connectivity index (χ1) is 10.8. The predicted octanol–water partition coefficient (Wildman–Crippen LogP) is 5.40. The van der Waals surface area contributed by atoms with Gasteiger partial charge in [0, 0.05) is 5.02 Å². The molecule has 4 rings (SSSR count). The molecule has 3 aromatic carbocycles. The molecule has 2 nitrogen and oxygen atoms in total. The Balaban J connectivity index is 1.65. The number of hydrogen-bond acceptors (Lipinski definition) is 2. The van der Waals surface area contributed by atoms with Crippen LogP contribution in [0.3, 0.4) is 0 Å². The van der Waals surface area contributed by atoms with Gasteiger partial charge in [0.05, 0.1) is 0 Å². The Kier molecular flexibility index (Phi) is 3.24. The van der Waals surface area contributed by atoms with Gasteiger partial charge in [0.25, 0.3) is 0 Å². The number of hydrogen-bond donors (Lipinski definition) is 0. The quantitative estimate of drug-likeness (QED) is 0.631. The molecule has 0 unspecified atom stereocenters. The molecule has 0 bridgehead atoms. The maximum Gasteiger partial charge on any atom is 0.231 e. The maximum absolute atomic E-state index is 5.93. The fourth-order valence-electron chi connectivity index (χ4n) is 2.57. The Hall–Kier alpha value is -2.45. The summed E-state index contributed by atoms with van der Waals surface area (Å²) in [5.74, 6) is 1.61. The Morgan fingerprint density at radius 1 is 0.591 bits per heavy atom. The lowest BCUT2D eigenvalue weighted by Crippen LogP contribution is -1.92.